The lowest BCUT2D eigenvalue weighted by Gasteiger charge is -1.93. The van der Waals surface area contributed by atoms with Crippen LogP contribution in [0.1, 0.15) is 0 Å². The first-order valence-corrected chi connectivity index (χ1v) is 3.32. The van der Waals surface area contributed by atoms with E-state index in [1.54, 1.807) is 0 Å². The van der Waals surface area contributed by atoms with E-state index in [9.17, 15) is 4.39 Å². The molecule has 0 aliphatic heterocycles. The van der Waals surface area contributed by atoms with Gasteiger partial charge in [0.25, 0.3) is 0 Å². The van der Waals surface area contributed by atoms with Crippen molar-refractivity contribution in [1.82, 2.24) is 20.2 Å². The van der Waals surface area contributed by atoms with Gasteiger partial charge in [0.15, 0.2) is 5.82 Å². The van der Waals surface area contributed by atoms with E-state index in [1.807, 2.05) is 0 Å². The van der Waals surface area contributed by atoms with Crippen molar-refractivity contribution in [2.45, 2.75) is 0 Å². The zero-order valence-corrected chi connectivity index (χ0v) is 6.03. The molecule has 2 rings (SSSR count). The fraction of sp³-hybridized carbons (Fsp3) is 0. The van der Waals surface area contributed by atoms with Gasteiger partial charge in [0.2, 0.25) is 0 Å². The first kappa shape index (κ1) is 6.90. The minimum Gasteiger partial charge on any atom is -0.261 e. The molecule has 0 spiro atoms. The van der Waals surface area contributed by atoms with Crippen LogP contribution in [-0.2, 0) is 0 Å². The van der Waals surface area contributed by atoms with Crippen LogP contribution in [0.5, 0.6) is 0 Å². The normalized spacial score (nSPS) is 10.1. The number of rotatable bonds is 1. The van der Waals surface area contributed by atoms with Crippen molar-refractivity contribution in [1.29, 1.82) is 0 Å². The summed E-state index contributed by atoms with van der Waals surface area (Å²) in [6, 6.07) is 1.34. The Bertz CT molecular complexity index is 371. The van der Waals surface area contributed by atoms with Crippen molar-refractivity contribution in [3.8, 4) is 11.4 Å². The fourth-order valence-electron chi connectivity index (χ4n) is 0.886. The molecule has 0 saturated heterocycles. The molecule has 0 saturated carbocycles. The lowest BCUT2D eigenvalue weighted by atomic mass is 10.3. The summed E-state index contributed by atoms with van der Waals surface area (Å²) in [5, 5.41) is 6.25. The molecule has 0 radical (unpaired) electrons. The molecule has 5 heteroatoms. The van der Waals surface area contributed by atoms with Gasteiger partial charge in [0.1, 0.15) is 12.1 Å². The van der Waals surface area contributed by atoms with Crippen molar-refractivity contribution < 1.29 is 4.39 Å². The second kappa shape index (κ2) is 2.69. The Hall–Kier alpha value is -1.78. The van der Waals surface area contributed by atoms with Crippen molar-refractivity contribution >= 4 is 0 Å². The van der Waals surface area contributed by atoms with Crippen LogP contribution in [0.15, 0.2) is 24.8 Å². The SMILES string of the molecule is Fc1cncc(-c2ncn[nH]2)c1. The Balaban J connectivity index is 2.48. The largest absolute Gasteiger partial charge is 0.261 e. The quantitative estimate of drug-likeness (QED) is 0.684. The number of aromatic nitrogens is 4. The van der Waals surface area contributed by atoms with Crippen molar-refractivity contribution in [2.75, 3.05) is 0 Å². The van der Waals surface area contributed by atoms with E-state index < -0.39 is 0 Å². The zero-order valence-electron chi connectivity index (χ0n) is 6.03. The highest BCUT2D eigenvalue weighted by Gasteiger charge is 2.00. The van der Waals surface area contributed by atoms with E-state index in [2.05, 4.69) is 20.2 Å². The average molecular weight is 164 g/mol. The van der Waals surface area contributed by atoms with Crippen LogP contribution in [-0.4, -0.2) is 20.2 Å². The van der Waals surface area contributed by atoms with E-state index in [4.69, 9.17) is 0 Å². The van der Waals surface area contributed by atoms with Gasteiger partial charge in [-0.1, -0.05) is 0 Å². The van der Waals surface area contributed by atoms with Crippen molar-refractivity contribution in [3.05, 3.63) is 30.6 Å². The number of nitrogens with one attached hydrogen (secondary N) is 1. The Kier molecular flexibility index (Phi) is 1.55. The molecule has 0 aliphatic rings. The number of halogens is 1. The molecule has 4 nitrogen and oxygen atoms in total. The van der Waals surface area contributed by atoms with Gasteiger partial charge in [0, 0.05) is 11.8 Å². The average Bonchev–Trinajstić information content (AvgIpc) is 2.56. The smallest absolute Gasteiger partial charge is 0.157 e. The summed E-state index contributed by atoms with van der Waals surface area (Å²) in [6.07, 6.45) is 4.02. The third-order valence-electron chi connectivity index (χ3n) is 1.39. The van der Waals surface area contributed by atoms with E-state index in [1.165, 1.54) is 18.6 Å². The molecule has 0 amide bonds. The first-order chi connectivity index (χ1) is 5.86. The van der Waals surface area contributed by atoms with E-state index in [-0.39, 0.29) is 5.82 Å². The van der Waals surface area contributed by atoms with Crippen LogP contribution in [0.4, 0.5) is 4.39 Å². The highest BCUT2D eigenvalue weighted by atomic mass is 19.1. The van der Waals surface area contributed by atoms with E-state index >= 15 is 0 Å². The monoisotopic (exact) mass is 164 g/mol. The lowest BCUT2D eigenvalue weighted by molar-refractivity contribution is 0.622. The van der Waals surface area contributed by atoms with E-state index in [0.717, 1.165) is 6.20 Å². The maximum absolute atomic E-state index is 12.6. The Morgan fingerprint density at radius 3 is 2.92 bits per heavy atom. The summed E-state index contributed by atoms with van der Waals surface area (Å²) in [5.74, 6) is 0.130. The molecule has 2 aromatic rings. The van der Waals surface area contributed by atoms with Gasteiger partial charge in [-0.2, -0.15) is 5.10 Å². The van der Waals surface area contributed by atoms with Crippen LogP contribution >= 0.6 is 0 Å². The third kappa shape index (κ3) is 1.16. The van der Waals surface area contributed by atoms with Crippen LogP contribution in [0.2, 0.25) is 0 Å². The molecule has 12 heavy (non-hydrogen) atoms. The van der Waals surface area contributed by atoms with E-state index in [0.29, 0.717) is 11.4 Å². The molecule has 0 unspecified atom stereocenters. The summed E-state index contributed by atoms with van der Waals surface area (Å²) in [5.41, 5.74) is 0.590. The number of aromatic amines is 1. The number of nitrogens with zero attached hydrogens (tertiary/aromatic N) is 3. The van der Waals surface area contributed by atoms with Crippen molar-refractivity contribution in [2.24, 2.45) is 0 Å². The zero-order chi connectivity index (χ0) is 8.39. The molecule has 60 valence electrons. The van der Waals surface area contributed by atoms with Gasteiger partial charge in [-0.05, 0) is 6.07 Å². The van der Waals surface area contributed by atoms with Gasteiger partial charge < -0.3 is 0 Å². The number of H-pyrrole nitrogens is 1. The summed E-state index contributed by atoms with van der Waals surface area (Å²) < 4.78 is 12.6. The second-order valence-electron chi connectivity index (χ2n) is 2.23. The number of hydrogen-bond donors (Lipinski definition) is 1. The van der Waals surface area contributed by atoms with Gasteiger partial charge in [0.05, 0.1) is 6.20 Å². The van der Waals surface area contributed by atoms with Gasteiger partial charge in [-0.3, -0.25) is 10.1 Å². The highest BCUT2D eigenvalue weighted by molar-refractivity contribution is 5.51. The Labute approximate surface area is 67.5 Å². The second-order valence-corrected chi connectivity index (χ2v) is 2.23. The molecule has 0 bridgehead atoms. The molecule has 2 aromatic heterocycles. The predicted molar refractivity (Wildman–Crippen MR) is 39.6 cm³/mol. The molecule has 2 heterocycles. The molecule has 0 aliphatic carbocycles. The fourth-order valence-corrected chi connectivity index (χ4v) is 0.886. The Morgan fingerprint density at radius 2 is 2.25 bits per heavy atom. The lowest BCUT2D eigenvalue weighted by Crippen LogP contribution is -1.84. The molecule has 0 fully saturated rings. The minimum atomic E-state index is -0.385. The Morgan fingerprint density at radius 1 is 1.33 bits per heavy atom. The van der Waals surface area contributed by atoms with Gasteiger partial charge in [-0.15, -0.1) is 0 Å². The summed E-state index contributed by atoms with van der Waals surface area (Å²) >= 11 is 0. The number of hydrogen-bond acceptors (Lipinski definition) is 3. The third-order valence-corrected chi connectivity index (χ3v) is 1.39. The van der Waals surface area contributed by atoms with Crippen LogP contribution in [0.3, 0.4) is 0 Å². The topological polar surface area (TPSA) is 54.5 Å². The summed E-state index contributed by atoms with van der Waals surface area (Å²) in [7, 11) is 0. The minimum absolute atomic E-state index is 0.385. The van der Waals surface area contributed by atoms with Gasteiger partial charge >= 0.3 is 0 Å². The van der Waals surface area contributed by atoms with Crippen LogP contribution < -0.4 is 0 Å². The highest BCUT2D eigenvalue weighted by Crippen LogP contribution is 2.12. The van der Waals surface area contributed by atoms with Crippen molar-refractivity contribution in [3.63, 3.8) is 0 Å². The maximum atomic E-state index is 12.6. The molecular formula is C7H5FN4. The molecule has 0 atom stereocenters. The van der Waals surface area contributed by atoms with Gasteiger partial charge in [-0.25, -0.2) is 9.37 Å². The first-order valence-electron chi connectivity index (χ1n) is 3.32. The standard InChI is InChI=1S/C7H5FN4/c8-6-1-5(2-9-3-6)7-10-4-11-12-7/h1-4H,(H,10,11,12). The summed E-state index contributed by atoms with van der Waals surface area (Å²) in [4.78, 5) is 7.53. The number of pyridine rings is 1. The van der Waals surface area contributed by atoms with Crippen LogP contribution in [0, 0.1) is 5.82 Å². The molecular weight excluding hydrogens is 159 g/mol. The molecule has 1 N–H and O–H groups in total. The molecule has 0 aromatic carbocycles. The predicted octanol–water partition coefficient (Wildman–Crippen LogP) is 1.01. The maximum Gasteiger partial charge on any atom is 0.157 e. The summed E-state index contributed by atoms with van der Waals surface area (Å²) in [6.45, 7) is 0. The van der Waals surface area contributed by atoms with Crippen LogP contribution in [0.25, 0.3) is 11.4 Å².